The number of pyridine rings is 1. The van der Waals surface area contributed by atoms with Gasteiger partial charge in [-0.15, -0.1) is 0 Å². The van der Waals surface area contributed by atoms with Crippen molar-refractivity contribution in [2.24, 2.45) is 0 Å². The first kappa shape index (κ1) is 29.1. The topological polar surface area (TPSA) is 72.1 Å². The fraction of sp³-hybridized carbons (Fsp3) is 0.182. The lowest BCUT2D eigenvalue weighted by Gasteiger charge is -2.19. The summed E-state index contributed by atoms with van der Waals surface area (Å²) in [5.41, 5.74) is 2.16. The summed E-state index contributed by atoms with van der Waals surface area (Å²) in [6.07, 6.45) is -1.93. The number of nitrogens with zero attached hydrogens (tertiary/aromatic N) is 2. The number of aryl methyl sites for hydroxylation is 2. The molecule has 0 bridgehead atoms. The van der Waals surface area contributed by atoms with Gasteiger partial charge in [0, 0.05) is 6.08 Å². The molecule has 1 aromatic heterocycles. The first-order valence-corrected chi connectivity index (χ1v) is 12.9. The van der Waals surface area contributed by atoms with Crippen LogP contribution in [0.15, 0.2) is 83.7 Å². The Hall–Kier alpha value is -4.90. The number of benzene rings is 3. The van der Waals surface area contributed by atoms with Gasteiger partial charge in [-0.2, -0.15) is 18.4 Å². The number of carbonyl (C=O) groups excluding carboxylic acids is 1. The highest BCUT2D eigenvalue weighted by atomic mass is 19.4. The average Bonchev–Trinajstić information content (AvgIpc) is 2.94. The van der Waals surface area contributed by atoms with Gasteiger partial charge in [0.2, 0.25) is 0 Å². The number of aromatic nitrogens is 1. The molecule has 4 aromatic rings. The van der Waals surface area contributed by atoms with Gasteiger partial charge in [-0.1, -0.05) is 66.2 Å². The quantitative estimate of drug-likeness (QED) is 0.177. The van der Waals surface area contributed by atoms with E-state index in [2.05, 4.69) is 0 Å². The van der Waals surface area contributed by atoms with Crippen LogP contribution >= 0.6 is 0 Å². The van der Waals surface area contributed by atoms with E-state index in [4.69, 9.17) is 4.74 Å². The molecule has 3 aromatic carbocycles. The fourth-order valence-electron chi connectivity index (χ4n) is 4.57. The summed E-state index contributed by atoms with van der Waals surface area (Å²) in [6.45, 7) is 5.79. The van der Waals surface area contributed by atoms with Crippen molar-refractivity contribution in [1.29, 1.82) is 5.26 Å². The molecule has 0 aliphatic carbocycles. The molecular weight excluding hydrogens is 529 g/mol. The van der Waals surface area contributed by atoms with Crippen LogP contribution < -0.4 is 5.56 Å². The lowest BCUT2D eigenvalue weighted by atomic mass is 9.98. The Balaban J connectivity index is 1.82. The van der Waals surface area contributed by atoms with Crippen molar-refractivity contribution in [2.45, 2.75) is 33.5 Å². The van der Waals surface area contributed by atoms with Crippen molar-refractivity contribution in [2.75, 3.05) is 6.61 Å². The van der Waals surface area contributed by atoms with Crippen LogP contribution in [0.25, 0.3) is 28.5 Å². The van der Waals surface area contributed by atoms with Crippen molar-refractivity contribution in [3.8, 4) is 28.5 Å². The maximum absolute atomic E-state index is 14.0. The molecule has 208 valence electrons. The summed E-state index contributed by atoms with van der Waals surface area (Å²) in [6, 6.07) is 22.1. The minimum atomic E-state index is -4.89. The molecule has 0 N–H and O–H groups in total. The van der Waals surface area contributed by atoms with E-state index in [1.54, 1.807) is 43.3 Å². The molecule has 0 atom stereocenters. The summed E-state index contributed by atoms with van der Waals surface area (Å²) in [5, 5.41) is 9.52. The van der Waals surface area contributed by atoms with Crippen LogP contribution in [-0.4, -0.2) is 17.1 Å². The Morgan fingerprint density at radius 3 is 2.32 bits per heavy atom. The van der Waals surface area contributed by atoms with Gasteiger partial charge < -0.3 is 9.30 Å². The lowest BCUT2D eigenvalue weighted by Crippen LogP contribution is -2.29. The summed E-state index contributed by atoms with van der Waals surface area (Å²) >= 11 is 0. The summed E-state index contributed by atoms with van der Waals surface area (Å²) in [5.74, 6) is -0.447. The van der Waals surface area contributed by atoms with Gasteiger partial charge in [-0.3, -0.25) is 4.79 Å². The van der Waals surface area contributed by atoms with Crippen molar-refractivity contribution in [3.63, 3.8) is 0 Å². The van der Waals surface area contributed by atoms with E-state index in [0.29, 0.717) is 11.1 Å². The van der Waals surface area contributed by atoms with E-state index in [-0.39, 0.29) is 18.8 Å². The Labute approximate surface area is 235 Å². The zero-order valence-electron chi connectivity index (χ0n) is 22.8. The Kier molecular flexibility index (Phi) is 8.58. The second-order valence-electron chi connectivity index (χ2n) is 9.54. The van der Waals surface area contributed by atoms with Crippen LogP contribution in [0.4, 0.5) is 13.2 Å². The molecule has 41 heavy (non-hydrogen) atoms. The molecule has 1 heterocycles. The number of carbonyl (C=O) groups is 1. The molecule has 4 rings (SSSR count). The zero-order chi connectivity index (χ0) is 29.7. The molecule has 5 nitrogen and oxygen atoms in total. The lowest BCUT2D eigenvalue weighted by molar-refractivity contribution is -0.138. The number of ether oxygens (including phenoxy) is 1. The first-order valence-electron chi connectivity index (χ1n) is 12.9. The van der Waals surface area contributed by atoms with Gasteiger partial charge in [-0.25, -0.2) is 4.79 Å². The summed E-state index contributed by atoms with van der Waals surface area (Å²) in [7, 11) is 0. The van der Waals surface area contributed by atoms with Gasteiger partial charge in [0.1, 0.15) is 11.6 Å². The normalized spacial score (nSPS) is 11.4. The van der Waals surface area contributed by atoms with Crippen LogP contribution in [-0.2, 0) is 22.3 Å². The largest absolute Gasteiger partial charge is 0.463 e. The van der Waals surface area contributed by atoms with E-state index in [9.17, 15) is 28.0 Å². The number of rotatable bonds is 7. The molecule has 0 radical (unpaired) electrons. The van der Waals surface area contributed by atoms with Gasteiger partial charge in [0.15, 0.2) is 0 Å². The zero-order valence-corrected chi connectivity index (χ0v) is 22.8. The van der Waals surface area contributed by atoms with Crippen LogP contribution in [0.1, 0.15) is 40.3 Å². The summed E-state index contributed by atoms with van der Waals surface area (Å²) in [4.78, 5) is 25.0. The SMILES string of the molecule is CCOC(=O)/C=C/c1ccc(-c2cccc(-c3cc(C(F)(F)F)c(C#N)c(=O)n3Cc3ccc(C)cc3C)c2)cc1. The third-order valence-electron chi connectivity index (χ3n) is 6.64. The number of hydrogen-bond acceptors (Lipinski definition) is 4. The van der Waals surface area contributed by atoms with Crippen LogP contribution in [0.5, 0.6) is 0 Å². The number of alkyl halides is 3. The monoisotopic (exact) mass is 556 g/mol. The van der Waals surface area contributed by atoms with E-state index in [1.165, 1.54) is 16.7 Å². The van der Waals surface area contributed by atoms with E-state index in [1.807, 2.05) is 50.2 Å². The van der Waals surface area contributed by atoms with Crippen LogP contribution in [0.2, 0.25) is 0 Å². The van der Waals surface area contributed by atoms with Gasteiger partial charge in [0.05, 0.1) is 24.4 Å². The van der Waals surface area contributed by atoms with Crippen molar-refractivity contribution in [3.05, 3.63) is 123 Å². The molecule has 8 heteroatoms. The maximum atomic E-state index is 14.0. The third kappa shape index (κ3) is 6.64. The predicted octanol–water partition coefficient (Wildman–Crippen LogP) is 7.31. The molecular formula is C33H27F3N2O3. The molecule has 0 amide bonds. The Morgan fingerprint density at radius 1 is 0.976 bits per heavy atom. The van der Waals surface area contributed by atoms with Crippen molar-refractivity contribution < 1.29 is 22.7 Å². The maximum Gasteiger partial charge on any atom is 0.417 e. The minimum absolute atomic E-state index is 0.00117. The molecule has 0 spiro atoms. The highest BCUT2D eigenvalue weighted by molar-refractivity contribution is 5.87. The third-order valence-corrected chi connectivity index (χ3v) is 6.64. The average molecular weight is 557 g/mol. The fourth-order valence-corrected chi connectivity index (χ4v) is 4.57. The van der Waals surface area contributed by atoms with Crippen molar-refractivity contribution in [1.82, 2.24) is 4.57 Å². The molecule has 0 aliphatic rings. The van der Waals surface area contributed by atoms with E-state index < -0.39 is 28.8 Å². The second kappa shape index (κ2) is 12.1. The molecule has 0 aliphatic heterocycles. The number of hydrogen-bond donors (Lipinski definition) is 0. The van der Waals surface area contributed by atoms with Crippen LogP contribution in [0, 0.1) is 25.2 Å². The molecule has 0 fully saturated rings. The molecule has 0 saturated carbocycles. The first-order chi connectivity index (χ1) is 19.5. The van der Waals surface area contributed by atoms with Gasteiger partial charge in [-0.05, 0) is 72.4 Å². The van der Waals surface area contributed by atoms with E-state index >= 15 is 0 Å². The number of halogens is 3. The number of esters is 1. The standard InChI is InChI=1S/C33H27F3N2O3/c1-4-41-31(39)15-11-23-9-13-24(14-10-23)25-6-5-7-26(17-25)30-18-29(33(34,35)36)28(19-37)32(40)38(30)20-27-12-8-21(2)16-22(27)3/h5-18H,4,20H2,1-3H3/b15-11+. The highest BCUT2D eigenvalue weighted by Gasteiger charge is 2.36. The highest BCUT2D eigenvalue weighted by Crippen LogP contribution is 2.35. The number of nitriles is 1. The minimum Gasteiger partial charge on any atom is -0.463 e. The smallest absolute Gasteiger partial charge is 0.417 e. The Morgan fingerprint density at radius 2 is 1.68 bits per heavy atom. The summed E-state index contributed by atoms with van der Waals surface area (Å²) < 4.78 is 48.1. The molecule has 0 unspecified atom stereocenters. The van der Waals surface area contributed by atoms with E-state index in [0.717, 1.165) is 33.9 Å². The van der Waals surface area contributed by atoms with Gasteiger partial charge >= 0.3 is 12.1 Å². The second-order valence-corrected chi connectivity index (χ2v) is 9.54. The predicted molar refractivity (Wildman–Crippen MR) is 152 cm³/mol. The van der Waals surface area contributed by atoms with Crippen LogP contribution in [0.3, 0.4) is 0 Å². The molecule has 0 saturated heterocycles. The van der Waals surface area contributed by atoms with Crippen molar-refractivity contribution >= 4 is 12.0 Å². The van der Waals surface area contributed by atoms with Gasteiger partial charge in [0.25, 0.3) is 5.56 Å². The Bertz CT molecular complexity index is 1730.